The highest BCUT2D eigenvalue weighted by molar-refractivity contribution is 6.31. The fourth-order valence-electron chi connectivity index (χ4n) is 2.13. The monoisotopic (exact) mass is 288 g/mol. The average molecular weight is 289 g/mol. The summed E-state index contributed by atoms with van der Waals surface area (Å²) in [6, 6.07) is 5.11. The van der Waals surface area contributed by atoms with Gasteiger partial charge in [0.05, 0.1) is 0 Å². The summed E-state index contributed by atoms with van der Waals surface area (Å²) in [7, 11) is 0. The number of aldehydes is 1. The van der Waals surface area contributed by atoms with E-state index in [2.05, 4.69) is 4.98 Å². The van der Waals surface area contributed by atoms with E-state index in [1.165, 1.54) is 5.56 Å². The zero-order valence-electron chi connectivity index (χ0n) is 11.8. The number of aryl methyl sites for hydroxylation is 1. The third-order valence-electron chi connectivity index (χ3n) is 3.60. The van der Waals surface area contributed by atoms with Crippen LogP contribution in [0.5, 0.6) is 0 Å². The van der Waals surface area contributed by atoms with Crippen molar-refractivity contribution in [3.63, 3.8) is 0 Å². The second kappa shape index (κ2) is 5.55. The summed E-state index contributed by atoms with van der Waals surface area (Å²) in [5.74, 6) is 0. The largest absolute Gasteiger partial charge is 0.398 e. The molecule has 0 bridgehead atoms. The Morgan fingerprint density at radius 1 is 1.25 bits per heavy atom. The quantitative estimate of drug-likeness (QED) is 0.511. The topological polar surface area (TPSA) is 58.9 Å². The first-order chi connectivity index (χ1) is 9.43. The summed E-state index contributed by atoms with van der Waals surface area (Å²) in [5.41, 5.74) is 12.0. The van der Waals surface area contributed by atoms with Crippen molar-refractivity contribution in [2.45, 2.75) is 20.8 Å². The fraction of sp³-hybridized carbons (Fsp3) is 0.188. The lowest BCUT2D eigenvalue weighted by atomic mass is 10.0. The maximum Gasteiger partial charge on any atom is 0.150 e. The van der Waals surface area contributed by atoms with Crippen LogP contribution in [0.2, 0.25) is 5.02 Å². The molecule has 1 heterocycles. The van der Waals surface area contributed by atoms with Crippen molar-refractivity contribution in [2.24, 2.45) is 0 Å². The number of nitrogens with two attached hydrogens (primary N) is 1. The maximum absolute atomic E-state index is 11.4. The molecule has 0 fully saturated rings. The second-order valence-electron chi connectivity index (χ2n) is 4.86. The number of halogens is 1. The Bertz CT molecular complexity index is 699. The van der Waals surface area contributed by atoms with E-state index >= 15 is 0 Å². The van der Waals surface area contributed by atoms with Gasteiger partial charge in [0.2, 0.25) is 0 Å². The molecule has 3 nitrogen and oxygen atoms in total. The van der Waals surface area contributed by atoms with Gasteiger partial charge in [0, 0.05) is 33.2 Å². The number of allylic oxidation sites excluding steroid dienone is 1. The van der Waals surface area contributed by atoms with Crippen LogP contribution >= 0.6 is 11.6 Å². The number of rotatable bonds is 3. The molecule has 0 spiro atoms. The number of nitrogen functional groups attached to an aromatic ring is 1. The van der Waals surface area contributed by atoms with Crippen LogP contribution in [-0.2, 0) is 4.79 Å². The SMILES string of the molecule is Cc1[nH]c(/C=C(\C=O)c2cc(Cl)ccc2N)c(C)c1C. The standard InChI is InChI=1S/C16H17ClN2O/c1-9-10(2)16(19-11(9)3)6-12(8-20)14-7-13(17)4-5-15(14)18/h4-8,19H,18H2,1-3H3/b12-6+. The third-order valence-corrected chi connectivity index (χ3v) is 3.84. The molecule has 0 aliphatic rings. The number of carbonyl (C=O) groups excluding carboxylic acids is 1. The number of anilines is 1. The lowest BCUT2D eigenvalue weighted by Crippen LogP contribution is -1.95. The van der Waals surface area contributed by atoms with Crippen LogP contribution in [0.25, 0.3) is 11.6 Å². The molecule has 4 heteroatoms. The van der Waals surface area contributed by atoms with Crippen LogP contribution in [0, 0.1) is 20.8 Å². The average Bonchev–Trinajstić information content (AvgIpc) is 2.66. The van der Waals surface area contributed by atoms with E-state index in [1.807, 2.05) is 26.8 Å². The maximum atomic E-state index is 11.4. The van der Waals surface area contributed by atoms with E-state index in [-0.39, 0.29) is 0 Å². The van der Waals surface area contributed by atoms with Crippen molar-refractivity contribution in [3.8, 4) is 0 Å². The molecule has 0 radical (unpaired) electrons. The van der Waals surface area contributed by atoms with Crippen LogP contribution in [0.1, 0.15) is 28.1 Å². The molecule has 0 saturated heterocycles. The number of aromatic nitrogens is 1. The second-order valence-corrected chi connectivity index (χ2v) is 5.30. The zero-order valence-corrected chi connectivity index (χ0v) is 12.5. The van der Waals surface area contributed by atoms with Gasteiger partial charge in [0.25, 0.3) is 0 Å². The number of aromatic amines is 1. The summed E-state index contributed by atoms with van der Waals surface area (Å²) >= 11 is 5.97. The Morgan fingerprint density at radius 2 is 1.95 bits per heavy atom. The van der Waals surface area contributed by atoms with E-state index < -0.39 is 0 Å². The minimum Gasteiger partial charge on any atom is -0.398 e. The number of benzene rings is 1. The lowest BCUT2D eigenvalue weighted by molar-refractivity contribution is -0.103. The van der Waals surface area contributed by atoms with Crippen LogP contribution < -0.4 is 5.73 Å². The highest BCUT2D eigenvalue weighted by Crippen LogP contribution is 2.27. The highest BCUT2D eigenvalue weighted by atomic mass is 35.5. The molecule has 0 amide bonds. The Labute approximate surface area is 123 Å². The molecule has 1 aromatic heterocycles. The van der Waals surface area contributed by atoms with E-state index in [4.69, 9.17) is 17.3 Å². The molecule has 0 saturated carbocycles. The van der Waals surface area contributed by atoms with E-state index in [0.717, 1.165) is 23.2 Å². The van der Waals surface area contributed by atoms with Gasteiger partial charge in [0.15, 0.2) is 6.29 Å². The third kappa shape index (κ3) is 2.63. The predicted molar refractivity (Wildman–Crippen MR) is 84.8 cm³/mol. The van der Waals surface area contributed by atoms with Gasteiger partial charge < -0.3 is 10.7 Å². The van der Waals surface area contributed by atoms with Crippen molar-refractivity contribution >= 4 is 35.2 Å². The minimum atomic E-state index is 0.509. The molecule has 0 aliphatic heterocycles. The Kier molecular flexibility index (Phi) is 4.00. The van der Waals surface area contributed by atoms with Gasteiger partial charge >= 0.3 is 0 Å². The van der Waals surface area contributed by atoms with Gasteiger partial charge in [-0.1, -0.05) is 11.6 Å². The highest BCUT2D eigenvalue weighted by Gasteiger charge is 2.10. The Hall–Kier alpha value is -2.00. The number of H-pyrrole nitrogens is 1. The minimum absolute atomic E-state index is 0.509. The van der Waals surface area contributed by atoms with Crippen LogP contribution in [0.4, 0.5) is 5.69 Å². The molecule has 20 heavy (non-hydrogen) atoms. The summed E-state index contributed by atoms with van der Waals surface area (Å²) < 4.78 is 0. The smallest absolute Gasteiger partial charge is 0.150 e. The van der Waals surface area contributed by atoms with E-state index in [9.17, 15) is 4.79 Å². The molecule has 2 aromatic rings. The molecule has 0 atom stereocenters. The fourth-order valence-corrected chi connectivity index (χ4v) is 2.30. The summed E-state index contributed by atoms with van der Waals surface area (Å²) in [6.45, 7) is 6.08. The van der Waals surface area contributed by atoms with Gasteiger partial charge in [0.1, 0.15) is 0 Å². The molecule has 104 valence electrons. The van der Waals surface area contributed by atoms with Gasteiger partial charge in [-0.15, -0.1) is 0 Å². The zero-order chi connectivity index (χ0) is 14.9. The molecule has 0 aliphatic carbocycles. The van der Waals surface area contributed by atoms with Gasteiger partial charge in [-0.05, 0) is 56.2 Å². The summed E-state index contributed by atoms with van der Waals surface area (Å²) in [4.78, 5) is 14.7. The van der Waals surface area contributed by atoms with Crippen molar-refractivity contribution in [1.29, 1.82) is 0 Å². The summed E-state index contributed by atoms with van der Waals surface area (Å²) in [6.07, 6.45) is 2.61. The molecule has 3 N–H and O–H groups in total. The molecule has 0 unspecified atom stereocenters. The molecule has 1 aromatic carbocycles. The van der Waals surface area contributed by atoms with Gasteiger partial charge in [-0.2, -0.15) is 0 Å². The van der Waals surface area contributed by atoms with E-state index in [1.54, 1.807) is 18.2 Å². The van der Waals surface area contributed by atoms with Crippen molar-refractivity contribution in [2.75, 3.05) is 5.73 Å². The Morgan fingerprint density at radius 3 is 2.50 bits per heavy atom. The molecular weight excluding hydrogens is 272 g/mol. The van der Waals surface area contributed by atoms with Crippen molar-refractivity contribution in [1.82, 2.24) is 4.98 Å². The number of hydrogen-bond donors (Lipinski definition) is 2. The van der Waals surface area contributed by atoms with Gasteiger partial charge in [-0.25, -0.2) is 0 Å². The lowest BCUT2D eigenvalue weighted by Gasteiger charge is -2.06. The van der Waals surface area contributed by atoms with Crippen LogP contribution in [0.3, 0.4) is 0 Å². The normalized spacial score (nSPS) is 11.7. The number of carbonyl (C=O) groups is 1. The molecular formula is C16H17ClN2O. The predicted octanol–water partition coefficient (Wildman–Crippen LogP) is 3.92. The first-order valence-corrected chi connectivity index (χ1v) is 6.70. The van der Waals surface area contributed by atoms with Gasteiger partial charge in [-0.3, -0.25) is 4.79 Å². The van der Waals surface area contributed by atoms with Crippen molar-refractivity contribution < 1.29 is 4.79 Å². The van der Waals surface area contributed by atoms with Crippen molar-refractivity contribution in [3.05, 3.63) is 51.3 Å². The summed E-state index contributed by atoms with van der Waals surface area (Å²) in [5, 5.41) is 0.553. The number of nitrogens with one attached hydrogen (secondary N) is 1. The first kappa shape index (κ1) is 14.4. The van der Waals surface area contributed by atoms with E-state index in [0.29, 0.717) is 21.8 Å². The van der Waals surface area contributed by atoms with Crippen LogP contribution in [-0.4, -0.2) is 11.3 Å². The van der Waals surface area contributed by atoms with Crippen LogP contribution in [0.15, 0.2) is 18.2 Å². The number of hydrogen-bond acceptors (Lipinski definition) is 2. The first-order valence-electron chi connectivity index (χ1n) is 6.32. The Balaban J connectivity index is 2.57. The molecule has 2 rings (SSSR count).